The molecule has 6 nitrogen and oxygen atoms in total. The Morgan fingerprint density at radius 3 is 2.53 bits per heavy atom. The molecular weight excluding hydrogens is 513 g/mol. The van der Waals surface area contributed by atoms with E-state index < -0.39 is 23.7 Å². The monoisotopic (exact) mass is 528 g/mol. The van der Waals surface area contributed by atoms with Gasteiger partial charge in [-0.3, -0.25) is 9.59 Å². The highest BCUT2D eigenvalue weighted by atomic mass is 35.5. The summed E-state index contributed by atoms with van der Waals surface area (Å²) in [6, 6.07) is 18.3. The Morgan fingerprint density at radius 2 is 1.78 bits per heavy atom. The van der Waals surface area contributed by atoms with Crippen molar-refractivity contribution in [2.75, 3.05) is 11.1 Å². The van der Waals surface area contributed by atoms with Gasteiger partial charge in [0.25, 0.3) is 5.91 Å². The molecule has 0 fully saturated rings. The predicted molar refractivity (Wildman–Crippen MR) is 134 cm³/mol. The Bertz CT molecular complexity index is 1430. The number of alkyl halides is 3. The summed E-state index contributed by atoms with van der Waals surface area (Å²) in [5, 5.41) is 2.63. The Labute approximate surface area is 212 Å². The third-order valence-corrected chi connectivity index (χ3v) is 6.75. The molecular formula is C25H16ClF3N4O2S. The summed E-state index contributed by atoms with van der Waals surface area (Å²) in [7, 11) is 0. The molecule has 0 aromatic heterocycles. The number of nitrogens with one attached hydrogen (secondary N) is 1. The van der Waals surface area contributed by atoms with Gasteiger partial charge in [-0.2, -0.15) is 13.2 Å². The lowest BCUT2D eigenvalue weighted by Gasteiger charge is -2.25. The number of amidine groups is 2. The zero-order chi connectivity index (χ0) is 25.4. The molecule has 0 saturated heterocycles. The summed E-state index contributed by atoms with van der Waals surface area (Å²) in [5.41, 5.74) is 0.921. The van der Waals surface area contributed by atoms with E-state index >= 15 is 0 Å². The SMILES string of the molecule is O=C(CSC1=Nc2ccccc2C2=N[C@@H](c3ccccc3)C(=O)N12)Nc1cc(C(F)(F)F)ccc1Cl. The zero-order valence-electron chi connectivity index (χ0n) is 18.3. The van der Waals surface area contributed by atoms with E-state index in [1.807, 2.05) is 42.5 Å². The number of carbonyl (C=O) groups excluding carboxylic acids is 2. The lowest BCUT2D eigenvalue weighted by Crippen LogP contribution is -2.40. The van der Waals surface area contributed by atoms with Gasteiger partial charge in [0.1, 0.15) is 5.84 Å². The van der Waals surface area contributed by atoms with Crippen LogP contribution in [0.3, 0.4) is 0 Å². The first-order chi connectivity index (χ1) is 17.2. The molecule has 0 radical (unpaired) electrons. The zero-order valence-corrected chi connectivity index (χ0v) is 19.9. The van der Waals surface area contributed by atoms with Crippen molar-refractivity contribution in [3.63, 3.8) is 0 Å². The number of anilines is 1. The van der Waals surface area contributed by atoms with Crippen LogP contribution in [0, 0.1) is 0 Å². The number of halogens is 4. The van der Waals surface area contributed by atoms with Crippen molar-refractivity contribution in [2.24, 2.45) is 9.98 Å². The maximum atomic E-state index is 13.4. The van der Waals surface area contributed by atoms with Crippen LogP contribution in [0.15, 0.2) is 82.8 Å². The summed E-state index contributed by atoms with van der Waals surface area (Å²) in [5.74, 6) is -0.699. The van der Waals surface area contributed by atoms with Crippen molar-refractivity contribution in [2.45, 2.75) is 12.2 Å². The maximum Gasteiger partial charge on any atom is 0.416 e. The normalized spacial score (nSPS) is 16.7. The average Bonchev–Trinajstić information content (AvgIpc) is 3.21. The maximum absolute atomic E-state index is 13.4. The van der Waals surface area contributed by atoms with E-state index in [9.17, 15) is 22.8 Å². The number of hydrogen-bond acceptors (Lipinski definition) is 5. The molecule has 1 N–H and O–H groups in total. The van der Waals surface area contributed by atoms with E-state index in [0.29, 0.717) is 17.1 Å². The molecule has 2 aliphatic rings. The van der Waals surface area contributed by atoms with Gasteiger partial charge in [0, 0.05) is 5.56 Å². The molecule has 2 heterocycles. The number of carbonyl (C=O) groups is 2. The van der Waals surface area contributed by atoms with Gasteiger partial charge in [0.15, 0.2) is 11.2 Å². The third kappa shape index (κ3) is 4.61. The summed E-state index contributed by atoms with van der Waals surface area (Å²) >= 11 is 6.96. The highest BCUT2D eigenvalue weighted by molar-refractivity contribution is 8.14. The molecule has 0 saturated carbocycles. The van der Waals surface area contributed by atoms with E-state index in [1.54, 1.807) is 12.1 Å². The minimum absolute atomic E-state index is 0.0277. The highest BCUT2D eigenvalue weighted by Crippen LogP contribution is 2.38. The topological polar surface area (TPSA) is 74.1 Å². The van der Waals surface area contributed by atoms with Gasteiger partial charge in [-0.25, -0.2) is 14.9 Å². The Balaban J connectivity index is 1.38. The summed E-state index contributed by atoms with van der Waals surface area (Å²) in [6.07, 6.45) is -4.58. The lowest BCUT2D eigenvalue weighted by atomic mass is 10.1. The molecule has 0 aliphatic carbocycles. The number of rotatable bonds is 4. The van der Waals surface area contributed by atoms with Crippen molar-refractivity contribution >= 4 is 57.6 Å². The van der Waals surface area contributed by atoms with Crippen LogP contribution in [0.1, 0.15) is 22.7 Å². The van der Waals surface area contributed by atoms with E-state index in [2.05, 4.69) is 15.3 Å². The molecule has 5 rings (SSSR count). The molecule has 2 amide bonds. The molecule has 3 aromatic rings. The van der Waals surface area contributed by atoms with Gasteiger partial charge in [0.05, 0.1) is 27.7 Å². The number of nitrogens with zero attached hydrogens (tertiary/aromatic N) is 3. The van der Waals surface area contributed by atoms with Gasteiger partial charge in [-0.05, 0) is 35.9 Å². The molecule has 1 atom stereocenters. The van der Waals surface area contributed by atoms with Crippen molar-refractivity contribution in [1.82, 2.24) is 4.90 Å². The standard InChI is InChI=1S/C25H16ClF3N4O2S/c26-17-11-10-15(25(27,28)29)12-19(17)30-20(34)13-36-24-31-18-9-5-4-8-16(18)22-32-21(23(35)33(22)24)14-6-2-1-3-7-14/h1-12,21H,13H2,(H,30,34)/t21-/m0/s1. The third-order valence-electron chi connectivity index (χ3n) is 5.49. The number of fused-ring (bicyclic) bond motifs is 3. The number of hydrogen-bond donors (Lipinski definition) is 1. The van der Waals surface area contributed by atoms with E-state index in [1.165, 1.54) is 4.90 Å². The Morgan fingerprint density at radius 1 is 1.06 bits per heavy atom. The minimum Gasteiger partial charge on any atom is -0.324 e. The summed E-state index contributed by atoms with van der Waals surface area (Å²) in [6.45, 7) is 0. The van der Waals surface area contributed by atoms with Crippen molar-refractivity contribution in [1.29, 1.82) is 0 Å². The second-order valence-electron chi connectivity index (χ2n) is 7.88. The second-order valence-corrected chi connectivity index (χ2v) is 9.23. The van der Waals surface area contributed by atoms with Crippen LogP contribution in [-0.2, 0) is 15.8 Å². The first kappa shape index (κ1) is 24.1. The fourth-order valence-corrected chi connectivity index (χ4v) is 4.78. The van der Waals surface area contributed by atoms with Gasteiger partial charge >= 0.3 is 6.18 Å². The molecule has 182 valence electrons. The second kappa shape index (κ2) is 9.44. The van der Waals surface area contributed by atoms with Crippen LogP contribution in [0.4, 0.5) is 24.5 Å². The summed E-state index contributed by atoms with van der Waals surface area (Å²) < 4.78 is 39.1. The number of thioether (sulfide) groups is 1. The molecule has 36 heavy (non-hydrogen) atoms. The number of benzene rings is 3. The Kier molecular flexibility index (Phi) is 6.31. The highest BCUT2D eigenvalue weighted by Gasteiger charge is 2.42. The number of para-hydroxylation sites is 1. The Hall–Kier alpha value is -3.63. The van der Waals surface area contributed by atoms with Crippen molar-refractivity contribution < 1.29 is 22.8 Å². The molecule has 0 unspecified atom stereocenters. The quantitative estimate of drug-likeness (QED) is 0.447. The number of amides is 2. The van der Waals surface area contributed by atoms with Crippen LogP contribution in [-0.4, -0.2) is 33.5 Å². The summed E-state index contributed by atoms with van der Waals surface area (Å²) in [4.78, 5) is 36.6. The molecule has 0 bridgehead atoms. The smallest absolute Gasteiger partial charge is 0.324 e. The van der Waals surface area contributed by atoms with Crippen molar-refractivity contribution in [3.05, 3.63) is 94.5 Å². The number of aliphatic imine (C=N–C) groups is 2. The van der Waals surface area contributed by atoms with E-state index in [0.717, 1.165) is 35.5 Å². The van der Waals surface area contributed by atoms with E-state index in [4.69, 9.17) is 11.6 Å². The van der Waals surface area contributed by atoms with E-state index in [-0.39, 0.29) is 27.5 Å². The molecule has 2 aliphatic heterocycles. The fraction of sp³-hybridized carbons (Fsp3) is 0.120. The van der Waals surface area contributed by atoms with Gasteiger partial charge in [-0.1, -0.05) is 65.8 Å². The minimum atomic E-state index is -4.58. The van der Waals surface area contributed by atoms with Crippen LogP contribution >= 0.6 is 23.4 Å². The van der Waals surface area contributed by atoms with Crippen LogP contribution in [0.5, 0.6) is 0 Å². The largest absolute Gasteiger partial charge is 0.416 e. The van der Waals surface area contributed by atoms with Crippen LogP contribution in [0.2, 0.25) is 5.02 Å². The molecule has 0 spiro atoms. The van der Waals surface area contributed by atoms with Gasteiger partial charge < -0.3 is 5.32 Å². The molecule has 11 heteroatoms. The average molecular weight is 529 g/mol. The first-order valence-electron chi connectivity index (χ1n) is 10.7. The van der Waals surface area contributed by atoms with Crippen molar-refractivity contribution in [3.8, 4) is 0 Å². The predicted octanol–water partition coefficient (Wildman–Crippen LogP) is 6.06. The molecule has 3 aromatic carbocycles. The van der Waals surface area contributed by atoms with Gasteiger partial charge in [0.2, 0.25) is 5.91 Å². The van der Waals surface area contributed by atoms with Crippen LogP contribution < -0.4 is 5.32 Å². The lowest BCUT2D eigenvalue weighted by molar-refractivity contribution is -0.137. The first-order valence-corrected chi connectivity index (χ1v) is 12.0. The van der Waals surface area contributed by atoms with Gasteiger partial charge in [-0.15, -0.1) is 0 Å². The fourth-order valence-electron chi connectivity index (χ4n) is 3.81. The van der Waals surface area contributed by atoms with Crippen LogP contribution in [0.25, 0.3) is 0 Å².